The normalized spacial score (nSPS) is 13.9. The van der Waals surface area contributed by atoms with Crippen molar-refractivity contribution in [2.75, 3.05) is 0 Å². The zero-order valence-electron chi connectivity index (χ0n) is 11.4. The number of nitrogens with zero attached hydrogens (tertiary/aromatic N) is 1. The highest BCUT2D eigenvalue weighted by Crippen LogP contribution is 2.26. The Kier molecular flexibility index (Phi) is 5.24. The van der Waals surface area contributed by atoms with Gasteiger partial charge in [0.05, 0.1) is 5.41 Å². The molecule has 0 amide bonds. The molecule has 0 aliphatic carbocycles. The first kappa shape index (κ1) is 17.0. The van der Waals surface area contributed by atoms with Gasteiger partial charge in [0, 0.05) is 21.0 Å². The topological polar surface area (TPSA) is 72.5 Å². The molecule has 0 spiro atoms. The van der Waals surface area contributed by atoms with Gasteiger partial charge in [0.25, 0.3) is 10.0 Å². The zero-order valence-corrected chi connectivity index (χ0v) is 13.7. The maximum Gasteiger partial charge on any atom is 0.277 e. The Morgan fingerprint density at radius 2 is 1.75 bits per heavy atom. The molecule has 0 aliphatic heterocycles. The number of amidine groups is 1. The van der Waals surface area contributed by atoms with Crippen LogP contribution in [0.15, 0.2) is 28.0 Å². The maximum absolute atomic E-state index is 11.8. The molecule has 1 aromatic carbocycles. The molecule has 0 aliphatic rings. The fraction of sp³-hybridized carbons (Fsp3) is 0.308. The lowest BCUT2D eigenvalue weighted by molar-refractivity contribution is 0.580. The number of rotatable bonds is 3. The molecule has 0 radical (unpaired) electrons. The van der Waals surface area contributed by atoms with E-state index in [1.165, 1.54) is 6.08 Å². The van der Waals surface area contributed by atoms with Gasteiger partial charge in [0.15, 0.2) is 0 Å². The molecule has 0 aromatic heterocycles. The van der Waals surface area contributed by atoms with Gasteiger partial charge >= 0.3 is 0 Å². The molecular formula is C13H16Cl2N2O2S. The van der Waals surface area contributed by atoms with Gasteiger partial charge in [-0.2, -0.15) is 8.42 Å². The predicted molar refractivity (Wildman–Crippen MR) is 85.5 cm³/mol. The van der Waals surface area contributed by atoms with Crippen molar-refractivity contribution in [2.45, 2.75) is 20.8 Å². The highest BCUT2D eigenvalue weighted by molar-refractivity contribution is 7.93. The van der Waals surface area contributed by atoms with E-state index in [-0.39, 0.29) is 5.84 Å². The standard InChI is InChI=1S/C13H16Cl2N2O2S/c1-13(2,3)12(16)17-20(18,19)8-7-9-10(14)5-4-6-11(9)15/h4-8H,1-3H3,(H2,16,17). The molecule has 0 saturated heterocycles. The first-order valence-electron chi connectivity index (χ1n) is 5.76. The minimum atomic E-state index is -3.83. The van der Waals surface area contributed by atoms with E-state index in [0.717, 1.165) is 5.41 Å². The van der Waals surface area contributed by atoms with Crippen molar-refractivity contribution in [3.8, 4) is 0 Å². The van der Waals surface area contributed by atoms with Crippen molar-refractivity contribution in [3.05, 3.63) is 39.2 Å². The van der Waals surface area contributed by atoms with Crippen LogP contribution in [0.2, 0.25) is 10.0 Å². The van der Waals surface area contributed by atoms with Crippen LogP contribution in [0.3, 0.4) is 0 Å². The van der Waals surface area contributed by atoms with Crippen LogP contribution in [0.5, 0.6) is 0 Å². The summed E-state index contributed by atoms with van der Waals surface area (Å²) < 4.78 is 27.2. The first-order valence-corrected chi connectivity index (χ1v) is 8.02. The van der Waals surface area contributed by atoms with E-state index in [4.69, 9.17) is 28.9 Å². The van der Waals surface area contributed by atoms with Crippen LogP contribution in [0.1, 0.15) is 26.3 Å². The summed E-state index contributed by atoms with van der Waals surface area (Å²) in [6.45, 7) is 5.32. The van der Waals surface area contributed by atoms with E-state index in [0.29, 0.717) is 15.6 Å². The Labute approximate surface area is 129 Å². The number of halogens is 2. The van der Waals surface area contributed by atoms with Gasteiger partial charge in [-0.1, -0.05) is 50.0 Å². The summed E-state index contributed by atoms with van der Waals surface area (Å²) >= 11 is 11.9. The van der Waals surface area contributed by atoms with Crippen LogP contribution in [0.4, 0.5) is 0 Å². The fourth-order valence-corrected chi connectivity index (χ4v) is 2.57. The van der Waals surface area contributed by atoms with Crippen LogP contribution < -0.4 is 5.73 Å². The SMILES string of the molecule is CC(C)(C)C(N)=NS(=O)(=O)C=Cc1c(Cl)cccc1Cl. The Morgan fingerprint density at radius 3 is 2.20 bits per heavy atom. The molecule has 1 aromatic rings. The van der Waals surface area contributed by atoms with Crippen LogP contribution in [-0.4, -0.2) is 14.3 Å². The van der Waals surface area contributed by atoms with Crippen molar-refractivity contribution in [1.29, 1.82) is 0 Å². The highest BCUT2D eigenvalue weighted by atomic mass is 35.5. The quantitative estimate of drug-likeness (QED) is 0.676. The molecule has 0 unspecified atom stereocenters. The Balaban J connectivity index is 3.12. The lowest BCUT2D eigenvalue weighted by Gasteiger charge is -2.16. The molecule has 20 heavy (non-hydrogen) atoms. The summed E-state index contributed by atoms with van der Waals surface area (Å²) in [6, 6.07) is 4.91. The molecule has 110 valence electrons. The predicted octanol–water partition coefficient (Wildman–Crippen LogP) is 3.70. The molecule has 0 saturated carbocycles. The minimum absolute atomic E-state index is 0.0346. The number of nitrogens with two attached hydrogens (primary N) is 1. The van der Waals surface area contributed by atoms with E-state index < -0.39 is 15.4 Å². The molecular weight excluding hydrogens is 319 g/mol. The van der Waals surface area contributed by atoms with Crippen molar-refractivity contribution < 1.29 is 8.42 Å². The van der Waals surface area contributed by atoms with E-state index in [1.807, 2.05) is 0 Å². The summed E-state index contributed by atoms with van der Waals surface area (Å²) in [6.07, 6.45) is 1.30. The van der Waals surface area contributed by atoms with Crippen LogP contribution in [0.25, 0.3) is 6.08 Å². The van der Waals surface area contributed by atoms with Gasteiger partial charge in [-0.05, 0) is 18.2 Å². The second-order valence-electron chi connectivity index (χ2n) is 5.18. The van der Waals surface area contributed by atoms with Gasteiger partial charge in [0.2, 0.25) is 0 Å². The van der Waals surface area contributed by atoms with Crippen LogP contribution >= 0.6 is 23.2 Å². The summed E-state index contributed by atoms with van der Waals surface area (Å²) in [5.74, 6) is 0.0346. The van der Waals surface area contributed by atoms with Gasteiger partial charge in [0.1, 0.15) is 5.84 Å². The Morgan fingerprint density at radius 1 is 1.25 bits per heavy atom. The highest BCUT2D eigenvalue weighted by Gasteiger charge is 2.18. The number of benzene rings is 1. The number of hydrogen-bond acceptors (Lipinski definition) is 2. The van der Waals surface area contributed by atoms with Gasteiger partial charge < -0.3 is 5.73 Å². The zero-order chi connectivity index (χ0) is 15.6. The Bertz CT molecular complexity index is 639. The van der Waals surface area contributed by atoms with E-state index in [9.17, 15) is 8.42 Å². The van der Waals surface area contributed by atoms with Crippen molar-refractivity contribution in [3.63, 3.8) is 0 Å². The van der Waals surface area contributed by atoms with Gasteiger partial charge in [-0.15, -0.1) is 4.40 Å². The van der Waals surface area contributed by atoms with Crippen molar-refractivity contribution in [2.24, 2.45) is 15.5 Å². The molecule has 4 nitrogen and oxygen atoms in total. The fourth-order valence-electron chi connectivity index (χ4n) is 1.13. The lowest BCUT2D eigenvalue weighted by atomic mass is 9.96. The molecule has 7 heteroatoms. The Hall–Kier alpha value is -1.04. The molecule has 2 N–H and O–H groups in total. The van der Waals surface area contributed by atoms with Crippen LogP contribution in [0, 0.1) is 5.41 Å². The second-order valence-corrected chi connectivity index (χ2v) is 7.48. The third kappa shape index (κ3) is 4.81. The summed E-state index contributed by atoms with van der Waals surface area (Å²) in [5, 5.41) is 1.65. The van der Waals surface area contributed by atoms with Crippen molar-refractivity contribution >= 4 is 45.1 Å². The van der Waals surface area contributed by atoms with Gasteiger partial charge in [-0.25, -0.2) is 0 Å². The summed E-state index contributed by atoms with van der Waals surface area (Å²) in [5.41, 5.74) is 5.55. The van der Waals surface area contributed by atoms with Crippen molar-refractivity contribution in [1.82, 2.24) is 0 Å². The first-order chi connectivity index (χ1) is 9.03. The monoisotopic (exact) mass is 334 g/mol. The summed E-state index contributed by atoms with van der Waals surface area (Å²) in [4.78, 5) is 0. The molecule has 1 rings (SSSR count). The lowest BCUT2D eigenvalue weighted by Crippen LogP contribution is -2.29. The molecule has 0 heterocycles. The largest absolute Gasteiger partial charge is 0.386 e. The van der Waals surface area contributed by atoms with E-state index in [1.54, 1.807) is 39.0 Å². The number of sulfonamides is 1. The molecule has 0 fully saturated rings. The minimum Gasteiger partial charge on any atom is -0.386 e. The average Bonchev–Trinajstić information content (AvgIpc) is 2.26. The maximum atomic E-state index is 11.8. The third-order valence-corrected chi connectivity index (χ3v) is 3.99. The third-order valence-electron chi connectivity index (χ3n) is 2.40. The number of hydrogen-bond donors (Lipinski definition) is 1. The molecule has 0 bridgehead atoms. The van der Waals surface area contributed by atoms with E-state index >= 15 is 0 Å². The van der Waals surface area contributed by atoms with Crippen LogP contribution in [-0.2, 0) is 10.0 Å². The van der Waals surface area contributed by atoms with E-state index in [2.05, 4.69) is 4.40 Å². The summed E-state index contributed by atoms with van der Waals surface area (Å²) in [7, 11) is -3.83. The van der Waals surface area contributed by atoms with Gasteiger partial charge in [-0.3, -0.25) is 0 Å². The molecule has 0 atom stereocenters. The average molecular weight is 335 g/mol. The second kappa shape index (κ2) is 6.16. The smallest absolute Gasteiger partial charge is 0.277 e.